The van der Waals surface area contributed by atoms with E-state index in [1.54, 1.807) is 33.5 Å². The molecule has 1 spiro atoms. The Bertz CT molecular complexity index is 1120. The zero-order valence-corrected chi connectivity index (χ0v) is 21.3. The van der Waals surface area contributed by atoms with Gasteiger partial charge < -0.3 is 19.1 Å². The molecule has 2 heterocycles. The molecule has 2 aliphatic heterocycles. The number of carbonyl (C=O) groups excluding carboxylic acids is 1. The van der Waals surface area contributed by atoms with Crippen molar-refractivity contribution < 1.29 is 19.0 Å². The molecule has 1 amide bonds. The highest BCUT2D eigenvalue weighted by Crippen LogP contribution is 2.46. The van der Waals surface area contributed by atoms with E-state index in [1.165, 1.54) is 11.1 Å². The Hall–Kier alpha value is -3.51. The van der Waals surface area contributed by atoms with Crippen LogP contribution >= 0.6 is 0 Å². The summed E-state index contributed by atoms with van der Waals surface area (Å²) in [6.45, 7) is 3.61. The SMILES string of the molecule is COc1cc(C(=O)N2CCC3(CC2)CN(C(c2ccccc2)c2ccccc2)C3)cc(OC)c1OC. The summed E-state index contributed by atoms with van der Waals surface area (Å²) >= 11 is 0. The third-order valence-corrected chi connectivity index (χ3v) is 7.70. The molecule has 0 unspecified atom stereocenters. The largest absolute Gasteiger partial charge is 0.493 e. The highest BCUT2D eigenvalue weighted by atomic mass is 16.5. The maximum Gasteiger partial charge on any atom is 0.254 e. The number of rotatable bonds is 7. The fourth-order valence-corrected chi connectivity index (χ4v) is 5.77. The fraction of sp³-hybridized carbons (Fsp3) is 0.367. The van der Waals surface area contributed by atoms with Crippen LogP contribution in [0.5, 0.6) is 17.2 Å². The Labute approximate surface area is 213 Å². The van der Waals surface area contributed by atoms with E-state index in [0.717, 1.165) is 39.0 Å². The van der Waals surface area contributed by atoms with Gasteiger partial charge in [0, 0.05) is 31.7 Å². The van der Waals surface area contributed by atoms with E-state index >= 15 is 0 Å². The standard InChI is InChI=1S/C30H34N2O4/c1-34-25-18-24(19-26(35-2)28(25)36-3)29(33)31-16-14-30(15-17-31)20-32(21-30)27(22-10-6-4-7-11-22)23-12-8-5-9-13-23/h4-13,18-19,27H,14-17,20-21H2,1-3H3. The van der Waals surface area contributed by atoms with Gasteiger partial charge in [0.15, 0.2) is 11.5 Å². The second-order valence-corrected chi connectivity index (χ2v) is 9.84. The molecule has 5 rings (SSSR count). The molecule has 0 N–H and O–H groups in total. The first-order valence-corrected chi connectivity index (χ1v) is 12.5. The zero-order valence-electron chi connectivity index (χ0n) is 21.3. The van der Waals surface area contributed by atoms with E-state index in [0.29, 0.717) is 22.8 Å². The molecular formula is C30H34N2O4. The van der Waals surface area contributed by atoms with Crippen molar-refractivity contribution in [2.24, 2.45) is 5.41 Å². The summed E-state index contributed by atoms with van der Waals surface area (Å²) in [4.78, 5) is 17.9. The average Bonchev–Trinajstić information content (AvgIpc) is 2.92. The molecule has 2 aliphatic rings. The van der Waals surface area contributed by atoms with Crippen molar-refractivity contribution in [2.45, 2.75) is 18.9 Å². The fourth-order valence-electron chi connectivity index (χ4n) is 5.77. The van der Waals surface area contributed by atoms with E-state index in [2.05, 4.69) is 65.6 Å². The van der Waals surface area contributed by atoms with Crippen LogP contribution in [-0.4, -0.2) is 63.2 Å². The van der Waals surface area contributed by atoms with Gasteiger partial charge in [0.05, 0.1) is 27.4 Å². The predicted molar refractivity (Wildman–Crippen MR) is 140 cm³/mol. The van der Waals surface area contributed by atoms with Crippen LogP contribution in [0.3, 0.4) is 0 Å². The Morgan fingerprint density at radius 2 is 1.28 bits per heavy atom. The number of hydrogen-bond donors (Lipinski definition) is 0. The predicted octanol–water partition coefficient (Wildman–Crippen LogP) is 5.04. The summed E-state index contributed by atoms with van der Waals surface area (Å²) in [7, 11) is 4.70. The molecular weight excluding hydrogens is 452 g/mol. The van der Waals surface area contributed by atoms with Gasteiger partial charge in [-0.2, -0.15) is 0 Å². The van der Waals surface area contributed by atoms with Crippen molar-refractivity contribution >= 4 is 5.91 Å². The Morgan fingerprint density at radius 1 is 0.778 bits per heavy atom. The van der Waals surface area contributed by atoms with Gasteiger partial charge in [0.1, 0.15) is 0 Å². The summed E-state index contributed by atoms with van der Waals surface area (Å²) < 4.78 is 16.3. The molecule has 0 atom stereocenters. The van der Waals surface area contributed by atoms with Gasteiger partial charge in [-0.15, -0.1) is 0 Å². The van der Waals surface area contributed by atoms with E-state index in [4.69, 9.17) is 14.2 Å². The Kier molecular flexibility index (Phi) is 6.88. The lowest BCUT2D eigenvalue weighted by Crippen LogP contribution is -2.61. The summed E-state index contributed by atoms with van der Waals surface area (Å²) in [5.74, 6) is 1.49. The molecule has 3 aromatic rings. The smallest absolute Gasteiger partial charge is 0.254 e. The lowest BCUT2D eigenvalue weighted by atomic mass is 9.70. The van der Waals surface area contributed by atoms with Gasteiger partial charge in [0.25, 0.3) is 5.91 Å². The van der Waals surface area contributed by atoms with Crippen LogP contribution in [0.1, 0.15) is 40.4 Å². The van der Waals surface area contributed by atoms with Crippen molar-refractivity contribution in [3.05, 3.63) is 89.5 Å². The van der Waals surface area contributed by atoms with Crippen molar-refractivity contribution in [1.82, 2.24) is 9.80 Å². The van der Waals surface area contributed by atoms with Gasteiger partial charge in [-0.05, 0) is 41.5 Å². The van der Waals surface area contributed by atoms with Crippen LogP contribution in [0.4, 0.5) is 0 Å². The normalized spacial score (nSPS) is 17.1. The summed E-state index contributed by atoms with van der Waals surface area (Å²) in [5, 5.41) is 0. The number of amides is 1. The van der Waals surface area contributed by atoms with Crippen molar-refractivity contribution in [3.63, 3.8) is 0 Å². The molecule has 2 fully saturated rings. The Balaban J connectivity index is 1.26. The van der Waals surface area contributed by atoms with Crippen molar-refractivity contribution in [2.75, 3.05) is 47.5 Å². The second-order valence-electron chi connectivity index (χ2n) is 9.84. The van der Waals surface area contributed by atoms with Crippen LogP contribution in [0.2, 0.25) is 0 Å². The van der Waals surface area contributed by atoms with Gasteiger partial charge in [-0.25, -0.2) is 0 Å². The van der Waals surface area contributed by atoms with Crippen LogP contribution in [0.25, 0.3) is 0 Å². The minimum Gasteiger partial charge on any atom is -0.493 e. The summed E-state index contributed by atoms with van der Waals surface area (Å²) in [6, 6.07) is 25.3. The minimum absolute atomic E-state index is 0.00623. The summed E-state index contributed by atoms with van der Waals surface area (Å²) in [5.41, 5.74) is 3.49. The molecule has 0 radical (unpaired) electrons. The number of likely N-dealkylation sites (tertiary alicyclic amines) is 2. The molecule has 6 heteroatoms. The molecule has 36 heavy (non-hydrogen) atoms. The molecule has 188 valence electrons. The first-order chi connectivity index (χ1) is 17.6. The second kappa shape index (κ2) is 10.2. The third-order valence-electron chi connectivity index (χ3n) is 7.70. The molecule has 2 saturated heterocycles. The first-order valence-electron chi connectivity index (χ1n) is 12.5. The molecule has 3 aromatic carbocycles. The zero-order chi connectivity index (χ0) is 25.1. The molecule has 0 saturated carbocycles. The number of nitrogens with zero attached hydrogens (tertiary/aromatic N) is 2. The maximum absolute atomic E-state index is 13.4. The number of piperidine rings is 1. The highest BCUT2D eigenvalue weighted by Gasteiger charge is 2.48. The lowest BCUT2D eigenvalue weighted by molar-refractivity contribution is -0.0579. The average molecular weight is 487 g/mol. The van der Waals surface area contributed by atoms with E-state index in [9.17, 15) is 4.79 Å². The molecule has 0 bridgehead atoms. The first kappa shape index (κ1) is 24.2. The molecule has 0 aromatic heterocycles. The number of hydrogen-bond acceptors (Lipinski definition) is 5. The third kappa shape index (κ3) is 4.53. The summed E-state index contributed by atoms with van der Waals surface area (Å²) in [6.07, 6.45) is 2.02. The highest BCUT2D eigenvalue weighted by molar-refractivity contribution is 5.95. The topological polar surface area (TPSA) is 51.2 Å². The molecule has 6 nitrogen and oxygen atoms in total. The monoisotopic (exact) mass is 486 g/mol. The number of methoxy groups -OCH3 is 3. The van der Waals surface area contributed by atoms with Crippen molar-refractivity contribution in [1.29, 1.82) is 0 Å². The van der Waals surface area contributed by atoms with Gasteiger partial charge in [-0.3, -0.25) is 9.69 Å². The van der Waals surface area contributed by atoms with E-state index < -0.39 is 0 Å². The maximum atomic E-state index is 13.4. The van der Waals surface area contributed by atoms with Gasteiger partial charge in [0.2, 0.25) is 5.75 Å². The van der Waals surface area contributed by atoms with E-state index in [-0.39, 0.29) is 17.4 Å². The van der Waals surface area contributed by atoms with Crippen LogP contribution in [-0.2, 0) is 0 Å². The lowest BCUT2D eigenvalue weighted by Gasteiger charge is -2.56. The van der Waals surface area contributed by atoms with Gasteiger partial charge in [-0.1, -0.05) is 60.7 Å². The Morgan fingerprint density at radius 3 is 1.72 bits per heavy atom. The van der Waals surface area contributed by atoms with Crippen molar-refractivity contribution in [3.8, 4) is 17.2 Å². The number of ether oxygens (including phenoxy) is 3. The van der Waals surface area contributed by atoms with E-state index in [1.807, 2.05) is 4.90 Å². The molecule has 0 aliphatic carbocycles. The number of benzene rings is 3. The van der Waals surface area contributed by atoms with Crippen LogP contribution < -0.4 is 14.2 Å². The quantitative estimate of drug-likeness (QED) is 0.468. The van der Waals surface area contributed by atoms with Crippen LogP contribution in [0.15, 0.2) is 72.8 Å². The number of carbonyl (C=O) groups is 1. The minimum atomic E-state index is 0.00623. The van der Waals surface area contributed by atoms with Crippen LogP contribution in [0, 0.1) is 5.41 Å². The van der Waals surface area contributed by atoms with Gasteiger partial charge >= 0.3 is 0 Å².